The van der Waals surface area contributed by atoms with Gasteiger partial charge in [-0.25, -0.2) is 0 Å². The van der Waals surface area contributed by atoms with Crippen LogP contribution in [0.4, 0.5) is 0 Å². The van der Waals surface area contributed by atoms with E-state index in [1.54, 1.807) is 0 Å². The number of rotatable bonds is 5. The summed E-state index contributed by atoms with van der Waals surface area (Å²) in [6.45, 7) is 7.77. The lowest BCUT2D eigenvalue weighted by atomic mass is 10.1. The second-order valence-corrected chi connectivity index (χ2v) is 5.83. The lowest BCUT2D eigenvalue weighted by molar-refractivity contribution is 0.312. The Morgan fingerprint density at radius 2 is 1.82 bits per heavy atom. The Balaban J connectivity index is 1.86. The first-order valence-electron chi connectivity index (χ1n) is 7.69. The van der Waals surface area contributed by atoms with Crippen LogP contribution in [-0.4, -0.2) is 17.1 Å². The Labute approximate surface area is 130 Å². The highest BCUT2D eigenvalue weighted by atomic mass is 16.5. The topological polar surface area (TPSA) is 42.4 Å². The molecule has 0 aliphatic rings. The van der Waals surface area contributed by atoms with Crippen LogP contribution in [0.25, 0.3) is 11.0 Å². The van der Waals surface area contributed by atoms with Crippen LogP contribution in [0.3, 0.4) is 0 Å². The molecule has 116 valence electrons. The molecule has 3 aromatic rings. The molecule has 0 amide bonds. The maximum Gasteiger partial charge on any atom is 0.138 e. The highest BCUT2D eigenvalue weighted by Gasteiger charge is 2.16. The van der Waals surface area contributed by atoms with E-state index in [1.807, 2.05) is 26.0 Å². The van der Waals surface area contributed by atoms with Crippen molar-refractivity contribution in [2.45, 2.75) is 40.3 Å². The van der Waals surface area contributed by atoms with E-state index < -0.39 is 0 Å². The average molecular weight is 298 g/mol. The minimum absolute atomic E-state index is 0.823. The summed E-state index contributed by atoms with van der Waals surface area (Å²) >= 11 is 0. The third-order valence-corrected chi connectivity index (χ3v) is 4.14. The van der Waals surface area contributed by atoms with Gasteiger partial charge in [-0.15, -0.1) is 0 Å². The van der Waals surface area contributed by atoms with Gasteiger partial charge in [0, 0.05) is 36.0 Å². The van der Waals surface area contributed by atoms with Gasteiger partial charge in [-0.3, -0.25) is 4.90 Å². The van der Waals surface area contributed by atoms with Crippen LogP contribution < -0.4 is 0 Å². The first-order chi connectivity index (χ1) is 10.6. The smallest absolute Gasteiger partial charge is 0.138 e. The van der Waals surface area contributed by atoms with Crippen LogP contribution in [0.2, 0.25) is 0 Å². The highest BCUT2D eigenvalue weighted by Crippen LogP contribution is 2.28. The number of furan rings is 1. The van der Waals surface area contributed by atoms with Crippen molar-refractivity contribution in [2.24, 2.45) is 0 Å². The van der Waals surface area contributed by atoms with Crippen molar-refractivity contribution in [1.29, 1.82) is 0 Å². The van der Waals surface area contributed by atoms with Crippen LogP contribution in [0.1, 0.15) is 35.3 Å². The molecule has 0 fully saturated rings. The minimum Gasteiger partial charge on any atom is -0.461 e. The van der Waals surface area contributed by atoms with E-state index in [0.717, 1.165) is 42.3 Å². The van der Waals surface area contributed by atoms with Crippen LogP contribution in [0, 0.1) is 13.8 Å². The first kappa shape index (κ1) is 14.9. The van der Waals surface area contributed by atoms with Gasteiger partial charge in [0.1, 0.15) is 17.1 Å². The number of aryl methyl sites for hydroxylation is 3. The number of aromatic nitrogens is 1. The molecular weight excluding hydrogens is 276 g/mol. The molecule has 0 unspecified atom stereocenters. The number of nitrogens with zero attached hydrogens (tertiary/aromatic N) is 2. The zero-order chi connectivity index (χ0) is 15.7. The van der Waals surface area contributed by atoms with E-state index in [-0.39, 0.29) is 0 Å². The fourth-order valence-electron chi connectivity index (χ4n) is 2.93. The zero-order valence-electron chi connectivity index (χ0n) is 13.6. The van der Waals surface area contributed by atoms with Crippen LogP contribution >= 0.6 is 0 Å². The number of para-hydroxylation sites is 1. The van der Waals surface area contributed by atoms with Crippen LogP contribution in [0.5, 0.6) is 0 Å². The number of hydrogen-bond donors (Lipinski definition) is 0. The van der Waals surface area contributed by atoms with Gasteiger partial charge >= 0.3 is 0 Å². The molecule has 4 nitrogen and oxygen atoms in total. The van der Waals surface area contributed by atoms with Crippen molar-refractivity contribution in [2.75, 3.05) is 7.05 Å². The Kier molecular flexibility index (Phi) is 4.03. The van der Waals surface area contributed by atoms with Gasteiger partial charge in [0.15, 0.2) is 0 Å². The standard InChI is InChI=1S/C18H22N2O2/c1-5-17-16(14-8-6-7-9-18(14)21-17)11-20(4)10-15-12(2)19-22-13(15)3/h6-9H,5,10-11H2,1-4H3. The molecule has 0 spiro atoms. The van der Waals surface area contributed by atoms with Crippen LogP contribution in [-0.2, 0) is 19.5 Å². The molecule has 0 atom stereocenters. The molecule has 1 aromatic carbocycles. The van der Waals surface area contributed by atoms with Crippen molar-refractivity contribution >= 4 is 11.0 Å². The van der Waals surface area contributed by atoms with Gasteiger partial charge in [0.05, 0.1) is 5.69 Å². The van der Waals surface area contributed by atoms with E-state index in [9.17, 15) is 0 Å². The molecular formula is C18H22N2O2. The number of hydrogen-bond acceptors (Lipinski definition) is 4. The number of benzene rings is 1. The van der Waals surface area contributed by atoms with Gasteiger partial charge in [-0.05, 0) is 27.0 Å². The summed E-state index contributed by atoms with van der Waals surface area (Å²) in [6.07, 6.45) is 0.906. The zero-order valence-corrected chi connectivity index (χ0v) is 13.6. The molecule has 0 saturated heterocycles. The van der Waals surface area contributed by atoms with Crippen molar-refractivity contribution in [3.63, 3.8) is 0 Å². The van der Waals surface area contributed by atoms with E-state index in [0.29, 0.717) is 0 Å². The predicted octanol–water partition coefficient (Wildman–Crippen LogP) is 4.23. The molecule has 0 radical (unpaired) electrons. The van der Waals surface area contributed by atoms with Crippen molar-refractivity contribution in [3.8, 4) is 0 Å². The Hall–Kier alpha value is -2.07. The van der Waals surface area contributed by atoms with Gasteiger partial charge in [-0.1, -0.05) is 30.3 Å². The summed E-state index contributed by atoms with van der Waals surface area (Å²) in [5, 5.41) is 5.24. The SMILES string of the molecule is CCc1oc2ccccc2c1CN(C)Cc1c(C)noc1C. The summed E-state index contributed by atoms with van der Waals surface area (Å²) in [7, 11) is 2.12. The fourth-order valence-corrected chi connectivity index (χ4v) is 2.93. The molecule has 0 aliphatic heterocycles. The Morgan fingerprint density at radius 1 is 1.09 bits per heavy atom. The summed E-state index contributed by atoms with van der Waals surface area (Å²) in [5.74, 6) is 1.98. The van der Waals surface area contributed by atoms with Gasteiger partial charge in [0.25, 0.3) is 0 Å². The normalized spacial score (nSPS) is 11.7. The fraction of sp³-hybridized carbons (Fsp3) is 0.389. The lowest BCUT2D eigenvalue weighted by Crippen LogP contribution is -2.18. The molecule has 22 heavy (non-hydrogen) atoms. The van der Waals surface area contributed by atoms with Crippen molar-refractivity contribution < 1.29 is 8.94 Å². The Morgan fingerprint density at radius 3 is 2.50 bits per heavy atom. The average Bonchev–Trinajstić information content (AvgIpc) is 3.02. The lowest BCUT2D eigenvalue weighted by Gasteiger charge is -2.16. The first-order valence-corrected chi connectivity index (χ1v) is 7.69. The van der Waals surface area contributed by atoms with Gasteiger partial charge in [0.2, 0.25) is 0 Å². The van der Waals surface area contributed by atoms with Gasteiger partial charge < -0.3 is 8.94 Å². The van der Waals surface area contributed by atoms with E-state index in [4.69, 9.17) is 8.94 Å². The molecule has 0 aliphatic carbocycles. The third-order valence-electron chi connectivity index (χ3n) is 4.14. The van der Waals surface area contributed by atoms with Crippen molar-refractivity contribution in [1.82, 2.24) is 10.1 Å². The van der Waals surface area contributed by atoms with Crippen molar-refractivity contribution in [3.05, 3.63) is 52.6 Å². The van der Waals surface area contributed by atoms with E-state index in [1.165, 1.54) is 16.5 Å². The van der Waals surface area contributed by atoms with E-state index in [2.05, 4.69) is 36.2 Å². The molecule has 2 heterocycles. The summed E-state index contributed by atoms with van der Waals surface area (Å²) in [4.78, 5) is 2.28. The second kappa shape index (κ2) is 5.97. The molecule has 2 aromatic heterocycles. The Bertz CT molecular complexity index is 766. The molecule has 4 heteroatoms. The monoisotopic (exact) mass is 298 g/mol. The van der Waals surface area contributed by atoms with Gasteiger partial charge in [-0.2, -0.15) is 0 Å². The maximum atomic E-state index is 5.97. The summed E-state index contributed by atoms with van der Waals surface area (Å²) in [5.41, 5.74) is 4.40. The quantitative estimate of drug-likeness (QED) is 0.707. The molecule has 3 rings (SSSR count). The third kappa shape index (κ3) is 2.66. The van der Waals surface area contributed by atoms with E-state index >= 15 is 0 Å². The summed E-state index contributed by atoms with van der Waals surface area (Å²) in [6, 6.07) is 8.25. The molecule has 0 bridgehead atoms. The molecule has 0 saturated carbocycles. The minimum atomic E-state index is 0.823. The highest BCUT2D eigenvalue weighted by molar-refractivity contribution is 5.82. The molecule has 0 N–H and O–H groups in total. The predicted molar refractivity (Wildman–Crippen MR) is 86.7 cm³/mol. The largest absolute Gasteiger partial charge is 0.461 e. The maximum absolute atomic E-state index is 5.97. The number of fused-ring (bicyclic) bond motifs is 1. The second-order valence-electron chi connectivity index (χ2n) is 5.83. The van der Waals surface area contributed by atoms with Crippen LogP contribution in [0.15, 0.2) is 33.2 Å². The summed E-state index contributed by atoms with van der Waals surface area (Å²) < 4.78 is 11.2.